The second kappa shape index (κ2) is 7.58. The van der Waals surface area contributed by atoms with Gasteiger partial charge >= 0.3 is 6.03 Å². The Morgan fingerprint density at radius 3 is 2.70 bits per heavy atom. The van der Waals surface area contributed by atoms with E-state index >= 15 is 0 Å². The summed E-state index contributed by atoms with van der Waals surface area (Å²) in [6, 6.07) is 13.8. The normalized spacial score (nSPS) is 16.5. The molecule has 1 fully saturated rings. The minimum atomic E-state index is -0.260. The van der Waals surface area contributed by atoms with Crippen molar-refractivity contribution in [2.24, 2.45) is 0 Å². The van der Waals surface area contributed by atoms with Gasteiger partial charge < -0.3 is 14.7 Å². The zero-order valence-corrected chi connectivity index (χ0v) is 15.7. The molecular formula is C19H16Cl2N4O2. The van der Waals surface area contributed by atoms with E-state index in [-0.39, 0.29) is 12.1 Å². The number of anilines is 1. The Morgan fingerprint density at radius 1 is 1.15 bits per heavy atom. The third-order valence-electron chi connectivity index (χ3n) is 4.40. The molecule has 0 saturated carbocycles. The van der Waals surface area contributed by atoms with Crippen LogP contribution in [-0.4, -0.2) is 27.6 Å². The molecule has 138 valence electrons. The van der Waals surface area contributed by atoms with Gasteiger partial charge in [0.1, 0.15) is 6.04 Å². The molecule has 2 heterocycles. The molecule has 3 aromatic rings. The maximum Gasteiger partial charge on any atom is 0.322 e. The first-order valence-corrected chi connectivity index (χ1v) is 9.28. The van der Waals surface area contributed by atoms with Gasteiger partial charge in [-0.3, -0.25) is 0 Å². The molecule has 1 N–H and O–H groups in total. The van der Waals surface area contributed by atoms with Crippen LogP contribution in [0.15, 0.2) is 53.1 Å². The van der Waals surface area contributed by atoms with Gasteiger partial charge in [-0.2, -0.15) is 4.98 Å². The number of hydrogen-bond donors (Lipinski definition) is 1. The molecule has 2 amide bonds. The average Bonchev–Trinajstić information content (AvgIpc) is 3.31. The number of aromatic nitrogens is 2. The number of halogens is 2. The number of nitrogens with zero attached hydrogens (tertiary/aromatic N) is 3. The topological polar surface area (TPSA) is 71.3 Å². The van der Waals surface area contributed by atoms with Crippen LogP contribution in [-0.2, 0) is 0 Å². The van der Waals surface area contributed by atoms with Crippen molar-refractivity contribution in [1.82, 2.24) is 15.0 Å². The van der Waals surface area contributed by atoms with Crippen molar-refractivity contribution in [2.75, 3.05) is 11.9 Å². The number of likely N-dealkylation sites (tertiary alicyclic amines) is 1. The van der Waals surface area contributed by atoms with E-state index in [9.17, 15) is 4.79 Å². The highest BCUT2D eigenvalue weighted by molar-refractivity contribution is 6.31. The first-order chi connectivity index (χ1) is 13.1. The second-order valence-corrected chi connectivity index (χ2v) is 7.13. The Hall–Kier alpha value is -2.57. The highest BCUT2D eigenvalue weighted by atomic mass is 35.5. The van der Waals surface area contributed by atoms with Crippen molar-refractivity contribution in [3.63, 3.8) is 0 Å². The van der Waals surface area contributed by atoms with Crippen molar-refractivity contribution in [1.29, 1.82) is 0 Å². The second-order valence-electron chi connectivity index (χ2n) is 6.26. The minimum Gasteiger partial charge on any atom is -0.337 e. The van der Waals surface area contributed by atoms with Crippen molar-refractivity contribution in [2.45, 2.75) is 18.9 Å². The highest BCUT2D eigenvalue weighted by Crippen LogP contribution is 2.33. The average molecular weight is 403 g/mol. The van der Waals surface area contributed by atoms with Crippen LogP contribution < -0.4 is 5.32 Å². The van der Waals surface area contributed by atoms with Crippen molar-refractivity contribution in [3.05, 3.63) is 64.5 Å². The Morgan fingerprint density at radius 2 is 1.93 bits per heavy atom. The van der Waals surface area contributed by atoms with Crippen LogP contribution >= 0.6 is 23.2 Å². The van der Waals surface area contributed by atoms with Crippen LogP contribution in [0, 0.1) is 0 Å². The predicted octanol–water partition coefficient (Wildman–Crippen LogP) is 5.41. The largest absolute Gasteiger partial charge is 0.337 e. The van der Waals surface area contributed by atoms with E-state index < -0.39 is 0 Å². The molecule has 4 rings (SSSR count). The van der Waals surface area contributed by atoms with E-state index in [4.69, 9.17) is 27.7 Å². The maximum atomic E-state index is 12.7. The lowest BCUT2D eigenvalue weighted by atomic mass is 10.2. The van der Waals surface area contributed by atoms with Crippen LogP contribution in [0.25, 0.3) is 11.4 Å². The number of urea groups is 1. The first kappa shape index (κ1) is 17.8. The summed E-state index contributed by atoms with van der Waals surface area (Å²) in [5, 5.41) is 8.07. The fourth-order valence-electron chi connectivity index (χ4n) is 3.14. The summed E-state index contributed by atoms with van der Waals surface area (Å²) in [5.41, 5.74) is 1.41. The van der Waals surface area contributed by atoms with Gasteiger partial charge in [0.15, 0.2) is 0 Å². The van der Waals surface area contributed by atoms with Gasteiger partial charge in [-0.25, -0.2) is 4.79 Å². The van der Waals surface area contributed by atoms with Crippen molar-refractivity contribution >= 4 is 34.9 Å². The number of hydrogen-bond acceptors (Lipinski definition) is 4. The van der Waals surface area contributed by atoms with E-state index in [2.05, 4.69) is 15.5 Å². The van der Waals surface area contributed by atoms with E-state index in [0.717, 1.165) is 18.4 Å². The summed E-state index contributed by atoms with van der Waals surface area (Å²) in [7, 11) is 0. The quantitative estimate of drug-likeness (QED) is 0.635. The first-order valence-electron chi connectivity index (χ1n) is 8.53. The van der Waals surface area contributed by atoms with Gasteiger partial charge in [0.25, 0.3) is 0 Å². The number of nitrogens with one attached hydrogen (secondary N) is 1. The van der Waals surface area contributed by atoms with Gasteiger partial charge in [0.05, 0.1) is 0 Å². The zero-order chi connectivity index (χ0) is 18.8. The summed E-state index contributed by atoms with van der Waals surface area (Å²) in [6.07, 6.45) is 1.63. The van der Waals surface area contributed by atoms with E-state index in [0.29, 0.717) is 34.0 Å². The molecule has 1 aromatic heterocycles. The van der Waals surface area contributed by atoms with Crippen molar-refractivity contribution in [3.8, 4) is 11.4 Å². The van der Waals surface area contributed by atoms with E-state index in [1.54, 1.807) is 41.3 Å². The predicted molar refractivity (Wildman–Crippen MR) is 104 cm³/mol. The summed E-state index contributed by atoms with van der Waals surface area (Å²) >= 11 is 12.0. The van der Waals surface area contributed by atoms with E-state index in [1.165, 1.54) is 0 Å². The van der Waals surface area contributed by atoms with Crippen LogP contribution in [0.4, 0.5) is 10.5 Å². The van der Waals surface area contributed by atoms with Gasteiger partial charge in [-0.15, -0.1) is 0 Å². The number of amides is 2. The summed E-state index contributed by atoms with van der Waals surface area (Å²) in [5.74, 6) is 0.873. The Kier molecular flexibility index (Phi) is 5.01. The fraction of sp³-hybridized carbons (Fsp3) is 0.211. The molecule has 1 atom stereocenters. The highest BCUT2D eigenvalue weighted by Gasteiger charge is 2.34. The van der Waals surface area contributed by atoms with Gasteiger partial charge in [0.2, 0.25) is 11.7 Å². The van der Waals surface area contributed by atoms with Gasteiger partial charge in [-0.05, 0) is 43.2 Å². The molecule has 0 spiro atoms. The summed E-state index contributed by atoms with van der Waals surface area (Å²) in [4.78, 5) is 18.9. The summed E-state index contributed by atoms with van der Waals surface area (Å²) in [6.45, 7) is 0.617. The van der Waals surface area contributed by atoms with Crippen LogP contribution in [0.2, 0.25) is 10.0 Å². The SMILES string of the molecule is O=C(Nc1cccc(Cl)c1)N1CCC[C@@H]1c1nc(-c2cccc(Cl)c2)no1. The fourth-order valence-corrected chi connectivity index (χ4v) is 3.52. The monoisotopic (exact) mass is 402 g/mol. The Balaban J connectivity index is 1.52. The number of benzene rings is 2. The smallest absolute Gasteiger partial charge is 0.322 e. The molecule has 1 aliphatic rings. The van der Waals surface area contributed by atoms with E-state index in [1.807, 2.05) is 12.1 Å². The molecule has 0 aliphatic carbocycles. The number of carbonyl (C=O) groups is 1. The Bertz CT molecular complexity index is 976. The molecule has 1 saturated heterocycles. The number of rotatable bonds is 3. The third-order valence-corrected chi connectivity index (χ3v) is 4.87. The molecule has 1 aliphatic heterocycles. The molecule has 6 nitrogen and oxygen atoms in total. The van der Waals surface area contributed by atoms with Crippen LogP contribution in [0.1, 0.15) is 24.8 Å². The molecule has 27 heavy (non-hydrogen) atoms. The summed E-state index contributed by atoms with van der Waals surface area (Å²) < 4.78 is 5.45. The lowest BCUT2D eigenvalue weighted by Crippen LogP contribution is -2.34. The lowest BCUT2D eigenvalue weighted by Gasteiger charge is -2.22. The zero-order valence-electron chi connectivity index (χ0n) is 14.2. The molecule has 2 aromatic carbocycles. The third kappa shape index (κ3) is 3.91. The van der Waals surface area contributed by atoms with Crippen LogP contribution in [0.5, 0.6) is 0 Å². The van der Waals surface area contributed by atoms with Crippen LogP contribution in [0.3, 0.4) is 0 Å². The standard InChI is InChI=1S/C19H16Cl2N4O2/c20-13-5-1-4-12(10-13)17-23-18(27-24-17)16-8-3-9-25(16)19(26)22-15-7-2-6-14(21)11-15/h1-2,4-7,10-11,16H,3,8-9H2,(H,22,26)/t16-/m1/s1. The number of carbonyl (C=O) groups excluding carboxylic acids is 1. The van der Waals surface area contributed by atoms with Crippen molar-refractivity contribution < 1.29 is 9.32 Å². The van der Waals surface area contributed by atoms with Gasteiger partial charge in [-0.1, -0.05) is 46.6 Å². The van der Waals surface area contributed by atoms with Gasteiger partial charge in [0, 0.05) is 27.8 Å². The molecule has 0 radical (unpaired) electrons. The molecule has 0 bridgehead atoms. The Labute approximate surface area is 166 Å². The lowest BCUT2D eigenvalue weighted by molar-refractivity contribution is 0.193. The maximum absolute atomic E-state index is 12.7. The molecule has 0 unspecified atom stereocenters. The molecule has 8 heteroatoms. The molecular weight excluding hydrogens is 387 g/mol. The minimum absolute atomic E-state index is 0.220.